The van der Waals surface area contributed by atoms with Gasteiger partial charge in [-0.3, -0.25) is 9.89 Å². The van der Waals surface area contributed by atoms with Crippen LogP contribution in [0, 0.1) is 12.3 Å². The molecule has 2 aliphatic heterocycles. The molecule has 2 aromatic carbocycles. The van der Waals surface area contributed by atoms with Crippen molar-refractivity contribution in [2.45, 2.75) is 32.4 Å². The number of piperidine rings is 1. The lowest BCUT2D eigenvalue weighted by Gasteiger charge is -2.54. The van der Waals surface area contributed by atoms with E-state index in [-0.39, 0.29) is 28.6 Å². The van der Waals surface area contributed by atoms with Crippen molar-refractivity contribution < 1.29 is 27.4 Å². The molecule has 6 rings (SSSR count). The number of likely N-dealkylation sites (tertiary alicyclic amines) is 1. The largest absolute Gasteiger partial charge is 0.481 e. The Morgan fingerprint density at radius 2 is 1.85 bits per heavy atom. The van der Waals surface area contributed by atoms with Gasteiger partial charge in [0.05, 0.1) is 18.3 Å². The Morgan fingerprint density at radius 3 is 2.52 bits per heavy atom. The van der Waals surface area contributed by atoms with Crippen LogP contribution >= 0.6 is 0 Å². The number of nitrogens with zero attached hydrogens (tertiary/aromatic N) is 6. The molecular weight excluding hydrogens is 623 g/mol. The van der Waals surface area contributed by atoms with Gasteiger partial charge >= 0.3 is 12.2 Å². The SMILES string of the molecule is C=CC(=O)N1CC2(CCN(c3nc(OCCCN(C)C)nc4c(OCC(F)(F)F)c(-c5c(C)ccc6[nH]ncc56)c(C=C)cc34)CC2)C1. The molecule has 4 aromatic rings. The number of halogens is 3. The van der Waals surface area contributed by atoms with Crippen LogP contribution in [0.5, 0.6) is 11.8 Å². The number of alkyl halides is 3. The normalized spacial score (nSPS) is 16.1. The molecule has 4 heterocycles. The number of amides is 1. The molecule has 1 spiro atoms. The lowest BCUT2D eigenvalue weighted by molar-refractivity contribution is -0.153. The van der Waals surface area contributed by atoms with Crippen molar-refractivity contribution in [1.29, 1.82) is 0 Å². The number of H-pyrrole nitrogens is 1. The van der Waals surface area contributed by atoms with Crippen LogP contribution in [-0.4, -0.2) is 102 Å². The molecule has 0 atom stereocenters. The topological polar surface area (TPSA) is 99.7 Å². The van der Waals surface area contributed by atoms with Crippen LogP contribution in [0.2, 0.25) is 0 Å². The first-order valence-electron chi connectivity index (χ1n) is 16.0. The third kappa shape index (κ3) is 6.55. The minimum atomic E-state index is -4.60. The summed E-state index contributed by atoms with van der Waals surface area (Å²) in [6.07, 6.45) is 2.36. The Bertz CT molecular complexity index is 1850. The number of aromatic nitrogens is 4. The zero-order valence-corrected chi connectivity index (χ0v) is 27.5. The van der Waals surface area contributed by atoms with Gasteiger partial charge in [0.25, 0.3) is 0 Å². The predicted molar refractivity (Wildman–Crippen MR) is 180 cm³/mol. The molecule has 1 N–H and O–H groups in total. The lowest BCUT2D eigenvalue weighted by Crippen LogP contribution is -2.61. The van der Waals surface area contributed by atoms with E-state index < -0.39 is 12.8 Å². The van der Waals surface area contributed by atoms with Gasteiger partial charge in [0, 0.05) is 54.5 Å². The zero-order valence-electron chi connectivity index (χ0n) is 27.5. The molecule has 48 heavy (non-hydrogen) atoms. The quantitative estimate of drug-likeness (QED) is 0.154. The highest BCUT2D eigenvalue weighted by molar-refractivity contribution is 6.07. The van der Waals surface area contributed by atoms with Crippen LogP contribution < -0.4 is 14.4 Å². The van der Waals surface area contributed by atoms with Gasteiger partial charge in [0.15, 0.2) is 12.4 Å². The lowest BCUT2D eigenvalue weighted by atomic mass is 9.72. The van der Waals surface area contributed by atoms with Gasteiger partial charge in [0.1, 0.15) is 11.3 Å². The van der Waals surface area contributed by atoms with Gasteiger partial charge in [-0.1, -0.05) is 25.3 Å². The molecule has 2 aromatic heterocycles. The van der Waals surface area contributed by atoms with Gasteiger partial charge in [0.2, 0.25) is 5.91 Å². The van der Waals surface area contributed by atoms with E-state index >= 15 is 0 Å². The second-order valence-corrected chi connectivity index (χ2v) is 13.0. The molecule has 0 saturated carbocycles. The molecule has 0 unspecified atom stereocenters. The zero-order chi connectivity index (χ0) is 34.2. The van der Waals surface area contributed by atoms with Crippen molar-refractivity contribution in [3.05, 3.63) is 54.8 Å². The number of aromatic amines is 1. The van der Waals surface area contributed by atoms with E-state index in [1.54, 1.807) is 17.2 Å². The summed E-state index contributed by atoms with van der Waals surface area (Å²) in [7, 11) is 3.93. The minimum absolute atomic E-state index is 0.0186. The second kappa shape index (κ2) is 13.1. The first kappa shape index (κ1) is 33.3. The van der Waals surface area contributed by atoms with Crippen molar-refractivity contribution in [1.82, 2.24) is 30.0 Å². The van der Waals surface area contributed by atoms with Crippen LogP contribution in [0.1, 0.15) is 30.4 Å². The monoisotopic (exact) mass is 663 g/mol. The number of hydrogen-bond acceptors (Lipinski definition) is 8. The molecule has 2 fully saturated rings. The first-order valence-corrected chi connectivity index (χ1v) is 16.0. The first-order chi connectivity index (χ1) is 22.9. The van der Waals surface area contributed by atoms with E-state index in [0.717, 1.165) is 35.9 Å². The van der Waals surface area contributed by atoms with Crippen LogP contribution in [0.25, 0.3) is 39.0 Å². The summed E-state index contributed by atoms with van der Waals surface area (Å²) in [6, 6.07) is 5.71. The van der Waals surface area contributed by atoms with Gasteiger partial charge < -0.3 is 24.2 Å². The highest BCUT2D eigenvalue weighted by Gasteiger charge is 2.46. The van der Waals surface area contributed by atoms with Crippen LogP contribution in [0.4, 0.5) is 19.0 Å². The maximum absolute atomic E-state index is 13.8. The Hall–Kier alpha value is -4.65. The molecule has 13 heteroatoms. The molecule has 2 saturated heterocycles. The Balaban J connectivity index is 1.49. The summed E-state index contributed by atoms with van der Waals surface area (Å²) in [5.74, 6) is 0.464. The van der Waals surface area contributed by atoms with Gasteiger partial charge in [-0.15, -0.1) is 0 Å². The van der Waals surface area contributed by atoms with E-state index in [1.165, 1.54) is 6.08 Å². The van der Waals surface area contributed by atoms with Crippen molar-refractivity contribution in [2.75, 3.05) is 64.9 Å². The Morgan fingerprint density at radius 1 is 1.10 bits per heavy atom. The summed E-state index contributed by atoms with van der Waals surface area (Å²) in [5, 5.41) is 8.42. The fraction of sp³-hybridized carbons (Fsp3) is 0.429. The van der Waals surface area contributed by atoms with Gasteiger partial charge in [-0.2, -0.15) is 28.2 Å². The summed E-state index contributed by atoms with van der Waals surface area (Å²) in [5.41, 5.74) is 3.48. The van der Waals surface area contributed by atoms with E-state index in [2.05, 4.69) is 28.3 Å². The third-order valence-corrected chi connectivity index (χ3v) is 9.26. The molecule has 0 bridgehead atoms. The number of carbonyl (C=O) groups excluding carboxylic acids is 1. The van der Waals surface area contributed by atoms with Crippen molar-refractivity contribution >= 4 is 39.6 Å². The summed E-state index contributed by atoms with van der Waals surface area (Å²) in [6.45, 7) is 11.7. The summed E-state index contributed by atoms with van der Waals surface area (Å²) in [4.78, 5) is 27.7. The number of nitrogens with one attached hydrogen (secondary N) is 1. The maximum Gasteiger partial charge on any atom is 0.422 e. The van der Waals surface area contributed by atoms with E-state index in [9.17, 15) is 18.0 Å². The molecule has 10 nitrogen and oxygen atoms in total. The molecule has 254 valence electrons. The van der Waals surface area contributed by atoms with Gasteiger partial charge in [-0.05, 0) is 75.2 Å². The smallest absolute Gasteiger partial charge is 0.422 e. The summed E-state index contributed by atoms with van der Waals surface area (Å²) < 4.78 is 53.2. The number of rotatable bonds is 11. The number of hydrogen-bond donors (Lipinski definition) is 1. The van der Waals surface area contributed by atoms with Crippen LogP contribution in [0.15, 0.2) is 43.6 Å². The van der Waals surface area contributed by atoms with E-state index in [0.29, 0.717) is 67.1 Å². The van der Waals surface area contributed by atoms with Crippen molar-refractivity contribution in [2.24, 2.45) is 5.41 Å². The number of fused-ring (bicyclic) bond motifs is 2. The third-order valence-electron chi connectivity index (χ3n) is 9.26. The molecular formula is C35H40F3N7O3. The number of aryl methyl sites for hydroxylation is 1. The maximum atomic E-state index is 13.8. The highest BCUT2D eigenvalue weighted by atomic mass is 19.4. The molecule has 0 radical (unpaired) electrons. The van der Waals surface area contributed by atoms with E-state index in [1.807, 2.05) is 44.1 Å². The van der Waals surface area contributed by atoms with E-state index in [4.69, 9.17) is 19.4 Å². The van der Waals surface area contributed by atoms with Crippen molar-refractivity contribution in [3.8, 4) is 22.9 Å². The number of ether oxygens (including phenoxy) is 2. The van der Waals surface area contributed by atoms with Crippen molar-refractivity contribution in [3.63, 3.8) is 0 Å². The standard InChI is InChI=1S/C35H40F3N7O3/c1-6-23-17-24-30(31(48-21-35(36,37)38)29(23)28-22(3)9-10-26-25(28)18-39-42-26)40-33(47-16-8-13-43(4)5)41-32(24)44-14-11-34(12-15-44)19-45(20-34)27(46)7-2/h6-7,9-10,17-18H,1-2,8,11-16,19-21H2,3-5H3,(H,39,42). The molecule has 2 aliphatic rings. The molecule has 1 amide bonds. The van der Waals surface area contributed by atoms with Gasteiger partial charge in [-0.25, -0.2) is 0 Å². The fourth-order valence-corrected chi connectivity index (χ4v) is 6.80. The van der Waals surface area contributed by atoms with Crippen LogP contribution in [-0.2, 0) is 4.79 Å². The molecule has 0 aliphatic carbocycles. The summed E-state index contributed by atoms with van der Waals surface area (Å²) >= 11 is 0. The Kier molecular flexibility index (Phi) is 9.08. The average molecular weight is 664 g/mol. The minimum Gasteiger partial charge on any atom is -0.481 e. The fourth-order valence-electron chi connectivity index (χ4n) is 6.80. The number of anilines is 1. The van der Waals surface area contributed by atoms with Crippen LogP contribution in [0.3, 0.4) is 0 Å². The second-order valence-electron chi connectivity index (χ2n) is 13.0. The predicted octanol–water partition coefficient (Wildman–Crippen LogP) is 6.01. The highest BCUT2D eigenvalue weighted by Crippen LogP contribution is 2.47. The number of carbonyl (C=O) groups is 1. The average Bonchev–Trinajstić information content (AvgIpc) is 3.52. The Labute approximate surface area is 277 Å². The number of benzene rings is 2.